The molecular weight excluding hydrogens is 308 g/mol. The van der Waals surface area contributed by atoms with Crippen LogP contribution in [0, 0.1) is 5.92 Å². The summed E-state index contributed by atoms with van der Waals surface area (Å²) in [4.78, 5) is 11.6. The van der Waals surface area contributed by atoms with Crippen LogP contribution in [-0.4, -0.2) is 12.1 Å². The zero-order chi connectivity index (χ0) is 18.8. The van der Waals surface area contributed by atoms with Gasteiger partial charge in [-0.25, -0.2) is 4.79 Å². The lowest BCUT2D eigenvalue weighted by Gasteiger charge is -2.22. The maximum atomic E-state index is 11.6. The van der Waals surface area contributed by atoms with Crippen molar-refractivity contribution >= 4 is 5.97 Å². The molecule has 0 aliphatic carbocycles. The fourth-order valence-electron chi connectivity index (χ4n) is 3.47. The monoisotopic (exact) mass is 352 g/mol. The second kappa shape index (κ2) is 18.0. The minimum atomic E-state index is -0.258. The van der Waals surface area contributed by atoms with Crippen LogP contribution in [0.5, 0.6) is 0 Å². The van der Waals surface area contributed by atoms with Crippen molar-refractivity contribution in [2.75, 3.05) is 0 Å². The number of unbranched alkanes of at least 4 members (excludes halogenated alkanes) is 9. The molecule has 2 atom stereocenters. The van der Waals surface area contributed by atoms with Gasteiger partial charge in [0.2, 0.25) is 0 Å². The zero-order valence-corrected chi connectivity index (χ0v) is 17.4. The number of carbonyl (C=O) groups excluding carboxylic acids is 1. The van der Waals surface area contributed by atoms with E-state index in [4.69, 9.17) is 4.74 Å². The minimum Gasteiger partial charge on any atom is -0.459 e. The molecule has 0 amide bonds. The molecular formula is C23H44O2. The van der Waals surface area contributed by atoms with Gasteiger partial charge in [0.15, 0.2) is 0 Å². The Labute approximate surface area is 157 Å². The van der Waals surface area contributed by atoms with E-state index in [9.17, 15) is 4.79 Å². The average molecular weight is 353 g/mol. The van der Waals surface area contributed by atoms with Crippen LogP contribution in [0.2, 0.25) is 0 Å². The molecule has 0 aliphatic heterocycles. The molecule has 0 aromatic heterocycles. The van der Waals surface area contributed by atoms with Gasteiger partial charge < -0.3 is 4.74 Å². The molecule has 0 saturated heterocycles. The number of hydrogen-bond donors (Lipinski definition) is 0. The van der Waals surface area contributed by atoms with Crippen LogP contribution in [0.25, 0.3) is 0 Å². The molecule has 2 heteroatoms. The van der Waals surface area contributed by atoms with Crippen LogP contribution in [0.3, 0.4) is 0 Å². The molecule has 148 valence electrons. The van der Waals surface area contributed by atoms with Crippen molar-refractivity contribution in [2.45, 2.75) is 123 Å². The highest BCUT2D eigenvalue weighted by Gasteiger charge is 2.18. The topological polar surface area (TPSA) is 26.3 Å². The Morgan fingerprint density at radius 2 is 1.40 bits per heavy atom. The second-order valence-corrected chi connectivity index (χ2v) is 7.53. The van der Waals surface area contributed by atoms with Crippen molar-refractivity contribution in [1.29, 1.82) is 0 Å². The highest BCUT2D eigenvalue weighted by atomic mass is 16.5. The molecule has 0 saturated carbocycles. The summed E-state index contributed by atoms with van der Waals surface area (Å²) in [5.74, 6) is 0.424. The third-order valence-corrected chi connectivity index (χ3v) is 5.22. The lowest BCUT2D eigenvalue weighted by molar-refractivity contribution is -0.144. The van der Waals surface area contributed by atoms with Crippen LogP contribution in [0.4, 0.5) is 0 Å². The molecule has 0 fully saturated rings. The summed E-state index contributed by atoms with van der Waals surface area (Å²) in [6.45, 7) is 10.3. The fraction of sp³-hybridized carbons (Fsp3) is 0.870. The van der Waals surface area contributed by atoms with E-state index in [2.05, 4.69) is 27.4 Å². The van der Waals surface area contributed by atoms with Gasteiger partial charge in [-0.2, -0.15) is 0 Å². The Kier molecular flexibility index (Phi) is 17.4. The highest BCUT2D eigenvalue weighted by molar-refractivity contribution is 5.81. The van der Waals surface area contributed by atoms with E-state index in [1.807, 2.05) is 0 Å². The normalized spacial score (nSPS) is 13.4. The molecule has 0 aromatic carbocycles. The van der Waals surface area contributed by atoms with Crippen molar-refractivity contribution in [3.8, 4) is 0 Å². The molecule has 0 spiro atoms. The predicted molar refractivity (Wildman–Crippen MR) is 110 cm³/mol. The first-order valence-electron chi connectivity index (χ1n) is 11.0. The van der Waals surface area contributed by atoms with Gasteiger partial charge in [0.1, 0.15) is 6.10 Å². The summed E-state index contributed by atoms with van der Waals surface area (Å²) in [6.07, 6.45) is 20.4. The van der Waals surface area contributed by atoms with Crippen LogP contribution >= 0.6 is 0 Å². The van der Waals surface area contributed by atoms with Crippen molar-refractivity contribution in [2.24, 2.45) is 5.92 Å². The van der Waals surface area contributed by atoms with Crippen molar-refractivity contribution in [3.05, 3.63) is 12.7 Å². The minimum absolute atomic E-state index is 0.0804. The number of rotatable bonds is 18. The van der Waals surface area contributed by atoms with Gasteiger partial charge in [-0.15, -0.1) is 0 Å². The lowest BCUT2D eigenvalue weighted by Crippen LogP contribution is -2.20. The Hall–Kier alpha value is -0.790. The van der Waals surface area contributed by atoms with Crippen molar-refractivity contribution in [3.63, 3.8) is 0 Å². The van der Waals surface area contributed by atoms with Crippen LogP contribution in [0.15, 0.2) is 12.7 Å². The third kappa shape index (κ3) is 15.2. The smallest absolute Gasteiger partial charge is 0.330 e. The molecule has 0 aromatic rings. The van der Waals surface area contributed by atoms with Crippen LogP contribution < -0.4 is 0 Å². The number of hydrogen-bond acceptors (Lipinski definition) is 2. The summed E-state index contributed by atoms with van der Waals surface area (Å²) in [7, 11) is 0. The Morgan fingerprint density at radius 1 is 0.840 bits per heavy atom. The Balaban J connectivity index is 4.01. The second-order valence-electron chi connectivity index (χ2n) is 7.53. The number of carbonyl (C=O) groups is 1. The van der Waals surface area contributed by atoms with E-state index in [0.29, 0.717) is 5.92 Å². The van der Waals surface area contributed by atoms with E-state index in [-0.39, 0.29) is 12.1 Å². The summed E-state index contributed by atoms with van der Waals surface area (Å²) in [6, 6.07) is 0. The largest absolute Gasteiger partial charge is 0.459 e. The fourth-order valence-corrected chi connectivity index (χ4v) is 3.47. The lowest BCUT2D eigenvalue weighted by atomic mass is 9.91. The molecule has 2 nitrogen and oxygen atoms in total. The predicted octanol–water partition coefficient (Wildman–Crippen LogP) is 7.61. The number of ether oxygens (including phenoxy) is 1. The van der Waals surface area contributed by atoms with E-state index in [1.54, 1.807) is 0 Å². The molecule has 0 aliphatic rings. The van der Waals surface area contributed by atoms with Gasteiger partial charge in [0, 0.05) is 6.08 Å². The zero-order valence-electron chi connectivity index (χ0n) is 17.4. The van der Waals surface area contributed by atoms with Gasteiger partial charge >= 0.3 is 5.97 Å². The highest BCUT2D eigenvalue weighted by Crippen LogP contribution is 2.23. The maximum absolute atomic E-state index is 11.6. The quantitative estimate of drug-likeness (QED) is 0.144. The van der Waals surface area contributed by atoms with Gasteiger partial charge in [-0.1, -0.05) is 104 Å². The average Bonchev–Trinajstić information content (AvgIpc) is 2.63. The molecule has 25 heavy (non-hydrogen) atoms. The molecule has 0 N–H and O–H groups in total. The third-order valence-electron chi connectivity index (χ3n) is 5.22. The standard InChI is InChI=1S/C23H44O2/c1-5-9-11-12-13-14-15-16-17-19-22(25-23(24)8-4)20-21(7-3)18-10-6-2/h8,21-22H,4-7,9-20H2,1-3H3. The number of esters is 1. The summed E-state index contributed by atoms with van der Waals surface area (Å²) < 4.78 is 5.63. The van der Waals surface area contributed by atoms with E-state index >= 15 is 0 Å². The van der Waals surface area contributed by atoms with E-state index in [0.717, 1.165) is 12.8 Å². The molecule has 2 unspecified atom stereocenters. The van der Waals surface area contributed by atoms with Crippen molar-refractivity contribution in [1.82, 2.24) is 0 Å². The first kappa shape index (κ1) is 24.2. The summed E-state index contributed by atoms with van der Waals surface area (Å²) in [5.41, 5.74) is 0. The first-order valence-corrected chi connectivity index (χ1v) is 11.0. The SMILES string of the molecule is C=CC(=O)OC(CCCCCCCCCCC)CC(CC)CCCC. The van der Waals surface area contributed by atoms with Crippen LogP contribution in [0.1, 0.15) is 117 Å². The molecule has 0 rings (SSSR count). The van der Waals surface area contributed by atoms with Crippen LogP contribution in [-0.2, 0) is 9.53 Å². The van der Waals surface area contributed by atoms with Gasteiger partial charge in [0.25, 0.3) is 0 Å². The molecule has 0 heterocycles. The van der Waals surface area contributed by atoms with E-state index in [1.165, 1.54) is 89.5 Å². The Bertz CT molecular complexity index is 311. The van der Waals surface area contributed by atoms with Gasteiger partial charge in [-0.3, -0.25) is 0 Å². The maximum Gasteiger partial charge on any atom is 0.330 e. The summed E-state index contributed by atoms with van der Waals surface area (Å²) in [5, 5.41) is 0. The van der Waals surface area contributed by atoms with Gasteiger partial charge in [-0.05, 0) is 25.2 Å². The van der Waals surface area contributed by atoms with Crippen molar-refractivity contribution < 1.29 is 9.53 Å². The first-order chi connectivity index (χ1) is 12.2. The summed E-state index contributed by atoms with van der Waals surface area (Å²) >= 11 is 0. The molecule has 0 radical (unpaired) electrons. The van der Waals surface area contributed by atoms with Gasteiger partial charge in [0.05, 0.1) is 0 Å². The molecule has 0 bridgehead atoms. The van der Waals surface area contributed by atoms with E-state index < -0.39 is 0 Å². The Morgan fingerprint density at radius 3 is 1.92 bits per heavy atom.